The summed E-state index contributed by atoms with van der Waals surface area (Å²) >= 11 is 0. The smallest absolute Gasteiger partial charge is 0.0628 e. The molecule has 0 aliphatic carbocycles. The second-order valence-corrected chi connectivity index (χ2v) is 4.28. The Morgan fingerprint density at radius 2 is 1.87 bits per heavy atom. The van der Waals surface area contributed by atoms with Crippen LogP contribution in [0.1, 0.15) is 6.92 Å². The maximum atomic E-state index is 5.18. The molecular weight excluding hydrogens is 190 g/mol. The van der Waals surface area contributed by atoms with Crippen LogP contribution in [0.4, 0.5) is 0 Å². The number of ether oxygens (including phenoxy) is 1. The van der Waals surface area contributed by atoms with Crippen LogP contribution in [-0.4, -0.2) is 76.9 Å². The summed E-state index contributed by atoms with van der Waals surface area (Å²) in [6.07, 6.45) is 0. The Hall–Kier alpha value is -0.160. The molecule has 0 saturated carbocycles. The molecule has 4 heteroatoms. The van der Waals surface area contributed by atoms with Crippen molar-refractivity contribution in [2.24, 2.45) is 0 Å². The maximum Gasteiger partial charge on any atom is 0.0628 e. The molecule has 0 rings (SSSR count). The minimum atomic E-state index is 0.437. The van der Waals surface area contributed by atoms with Crippen molar-refractivity contribution >= 4 is 0 Å². The molecule has 0 saturated heterocycles. The summed E-state index contributed by atoms with van der Waals surface area (Å²) in [4.78, 5) is 4.54. The van der Waals surface area contributed by atoms with E-state index in [-0.39, 0.29) is 0 Å². The van der Waals surface area contributed by atoms with Crippen molar-refractivity contribution in [3.05, 3.63) is 0 Å². The fourth-order valence-corrected chi connectivity index (χ4v) is 1.50. The Balaban J connectivity index is 3.72. The molecule has 0 radical (unpaired) electrons. The lowest BCUT2D eigenvalue weighted by Crippen LogP contribution is -2.43. The lowest BCUT2D eigenvalue weighted by Gasteiger charge is -2.25. The highest BCUT2D eigenvalue weighted by Gasteiger charge is 2.09. The maximum absolute atomic E-state index is 5.18. The molecule has 0 aromatic rings. The van der Waals surface area contributed by atoms with Crippen molar-refractivity contribution in [3.8, 4) is 0 Å². The average Bonchev–Trinajstić information content (AvgIpc) is 2.15. The van der Waals surface area contributed by atoms with Crippen LogP contribution in [0.3, 0.4) is 0 Å². The third-order valence-corrected chi connectivity index (χ3v) is 2.32. The molecule has 0 heterocycles. The molecule has 0 aliphatic rings. The van der Waals surface area contributed by atoms with Gasteiger partial charge in [-0.1, -0.05) is 6.92 Å². The fraction of sp³-hybridized carbons (Fsp3) is 1.00. The van der Waals surface area contributed by atoms with Crippen LogP contribution in [0.15, 0.2) is 0 Å². The van der Waals surface area contributed by atoms with Crippen molar-refractivity contribution in [3.63, 3.8) is 0 Å². The van der Waals surface area contributed by atoms with E-state index in [4.69, 9.17) is 4.74 Å². The summed E-state index contributed by atoms with van der Waals surface area (Å²) in [5, 5.41) is 3.42. The van der Waals surface area contributed by atoms with Gasteiger partial charge in [-0.3, -0.25) is 0 Å². The molecule has 4 nitrogen and oxygen atoms in total. The first-order valence-corrected chi connectivity index (χ1v) is 5.65. The van der Waals surface area contributed by atoms with Crippen LogP contribution in [0.25, 0.3) is 0 Å². The minimum Gasteiger partial charge on any atom is -0.383 e. The fourth-order valence-electron chi connectivity index (χ4n) is 1.50. The SMILES string of the molecule is CCNC(COC)CN(C)CCN(C)C. The second-order valence-electron chi connectivity index (χ2n) is 4.28. The predicted octanol–water partition coefficient (Wildman–Crippen LogP) is 0.104. The summed E-state index contributed by atoms with van der Waals surface area (Å²) in [6, 6.07) is 0.437. The first kappa shape index (κ1) is 14.8. The molecule has 0 bridgehead atoms. The molecular formula is C11H27N3O. The number of methoxy groups -OCH3 is 1. The van der Waals surface area contributed by atoms with Gasteiger partial charge in [0.05, 0.1) is 6.61 Å². The molecule has 0 aromatic heterocycles. The number of nitrogens with zero attached hydrogens (tertiary/aromatic N) is 2. The number of likely N-dealkylation sites (N-methyl/N-ethyl adjacent to an activating group) is 3. The molecule has 1 N–H and O–H groups in total. The van der Waals surface area contributed by atoms with Crippen LogP contribution in [0.5, 0.6) is 0 Å². The number of hydrogen-bond acceptors (Lipinski definition) is 4. The first-order valence-electron chi connectivity index (χ1n) is 5.65. The van der Waals surface area contributed by atoms with Gasteiger partial charge in [0.2, 0.25) is 0 Å². The molecule has 92 valence electrons. The third-order valence-electron chi connectivity index (χ3n) is 2.32. The largest absolute Gasteiger partial charge is 0.383 e. The van der Waals surface area contributed by atoms with E-state index in [1.54, 1.807) is 7.11 Å². The molecule has 0 amide bonds. The van der Waals surface area contributed by atoms with Gasteiger partial charge in [0, 0.05) is 32.8 Å². The zero-order valence-corrected chi connectivity index (χ0v) is 10.9. The van der Waals surface area contributed by atoms with Gasteiger partial charge >= 0.3 is 0 Å². The molecule has 1 unspecified atom stereocenters. The Kier molecular flexibility index (Phi) is 9.00. The van der Waals surface area contributed by atoms with Gasteiger partial charge in [0.1, 0.15) is 0 Å². The van der Waals surface area contributed by atoms with E-state index in [9.17, 15) is 0 Å². The number of hydrogen-bond donors (Lipinski definition) is 1. The molecule has 0 fully saturated rings. The highest BCUT2D eigenvalue weighted by atomic mass is 16.5. The van der Waals surface area contributed by atoms with Gasteiger partial charge in [-0.05, 0) is 27.7 Å². The Morgan fingerprint density at radius 3 is 2.33 bits per heavy atom. The standard InChI is InChI=1S/C11H27N3O/c1-6-12-11(10-15-5)9-14(4)8-7-13(2)3/h11-12H,6-10H2,1-5H3. The van der Waals surface area contributed by atoms with Crippen LogP contribution < -0.4 is 5.32 Å². The Bertz CT molecular complexity index is 136. The van der Waals surface area contributed by atoms with E-state index in [1.165, 1.54) is 0 Å². The number of rotatable bonds is 9. The molecule has 0 aliphatic heterocycles. The topological polar surface area (TPSA) is 27.7 Å². The lowest BCUT2D eigenvalue weighted by molar-refractivity contribution is 0.144. The van der Waals surface area contributed by atoms with Crippen LogP contribution in [-0.2, 0) is 4.74 Å². The van der Waals surface area contributed by atoms with Crippen molar-refractivity contribution in [1.82, 2.24) is 15.1 Å². The predicted molar refractivity (Wildman–Crippen MR) is 65.4 cm³/mol. The van der Waals surface area contributed by atoms with Gasteiger partial charge < -0.3 is 19.9 Å². The third kappa shape index (κ3) is 8.81. The van der Waals surface area contributed by atoms with Crippen molar-refractivity contribution in [1.29, 1.82) is 0 Å². The average molecular weight is 217 g/mol. The summed E-state index contributed by atoms with van der Waals surface area (Å²) in [5.41, 5.74) is 0. The molecule has 1 atom stereocenters. The van der Waals surface area contributed by atoms with E-state index < -0.39 is 0 Å². The first-order chi connectivity index (χ1) is 7.10. The van der Waals surface area contributed by atoms with Crippen molar-refractivity contribution in [2.75, 3.05) is 61.0 Å². The zero-order chi connectivity index (χ0) is 11.7. The van der Waals surface area contributed by atoms with Gasteiger partial charge in [0.25, 0.3) is 0 Å². The summed E-state index contributed by atoms with van der Waals surface area (Å²) in [7, 11) is 8.11. The van der Waals surface area contributed by atoms with E-state index >= 15 is 0 Å². The highest BCUT2D eigenvalue weighted by Crippen LogP contribution is 1.91. The Labute approximate surface area is 94.6 Å². The van der Waals surface area contributed by atoms with Gasteiger partial charge in [0.15, 0.2) is 0 Å². The summed E-state index contributed by atoms with van der Waals surface area (Å²) in [5.74, 6) is 0. The highest BCUT2D eigenvalue weighted by molar-refractivity contribution is 4.69. The van der Waals surface area contributed by atoms with Crippen LogP contribution in [0.2, 0.25) is 0 Å². The van der Waals surface area contributed by atoms with Gasteiger partial charge in [-0.15, -0.1) is 0 Å². The van der Waals surface area contributed by atoms with Crippen molar-refractivity contribution < 1.29 is 4.74 Å². The van der Waals surface area contributed by atoms with E-state index in [1.807, 2.05) is 0 Å². The van der Waals surface area contributed by atoms with Gasteiger partial charge in [-0.25, -0.2) is 0 Å². The summed E-state index contributed by atoms with van der Waals surface area (Å²) in [6.45, 7) is 7.13. The normalized spacial score (nSPS) is 13.8. The molecule has 0 spiro atoms. The molecule has 15 heavy (non-hydrogen) atoms. The molecule has 0 aromatic carbocycles. The van der Waals surface area contributed by atoms with Crippen LogP contribution in [0, 0.1) is 0 Å². The Morgan fingerprint density at radius 1 is 1.20 bits per heavy atom. The van der Waals surface area contributed by atoms with E-state index in [0.717, 1.165) is 32.8 Å². The van der Waals surface area contributed by atoms with Crippen molar-refractivity contribution in [2.45, 2.75) is 13.0 Å². The van der Waals surface area contributed by atoms with Gasteiger partial charge in [-0.2, -0.15) is 0 Å². The quantitative estimate of drug-likeness (QED) is 0.593. The summed E-state index contributed by atoms with van der Waals surface area (Å²) < 4.78 is 5.18. The van der Waals surface area contributed by atoms with E-state index in [0.29, 0.717) is 6.04 Å². The minimum absolute atomic E-state index is 0.437. The monoisotopic (exact) mass is 217 g/mol. The second kappa shape index (κ2) is 9.09. The van der Waals surface area contributed by atoms with Crippen LogP contribution >= 0.6 is 0 Å². The zero-order valence-electron chi connectivity index (χ0n) is 10.9. The number of nitrogens with one attached hydrogen (secondary N) is 1. The van der Waals surface area contributed by atoms with E-state index in [2.05, 4.69) is 43.2 Å². The lowest BCUT2D eigenvalue weighted by atomic mass is 10.3.